The van der Waals surface area contributed by atoms with Gasteiger partial charge in [-0.15, -0.1) is 0 Å². The molecule has 0 aromatic heterocycles. The van der Waals surface area contributed by atoms with Crippen LogP contribution in [0.2, 0.25) is 0 Å². The Kier molecular flexibility index (Phi) is 3.94. The highest BCUT2D eigenvalue weighted by molar-refractivity contribution is 6.05. The summed E-state index contributed by atoms with van der Waals surface area (Å²) in [5.41, 5.74) is 7.53. The highest BCUT2D eigenvalue weighted by Crippen LogP contribution is 2.34. The number of nitrogens with two attached hydrogens (primary N) is 1. The second-order valence-corrected chi connectivity index (χ2v) is 5.85. The van der Waals surface area contributed by atoms with E-state index in [0.29, 0.717) is 35.1 Å². The summed E-state index contributed by atoms with van der Waals surface area (Å²) in [6, 6.07) is 2.80. The van der Waals surface area contributed by atoms with Crippen LogP contribution < -0.4 is 11.1 Å². The van der Waals surface area contributed by atoms with Crippen LogP contribution in [-0.4, -0.2) is 40.4 Å². The van der Waals surface area contributed by atoms with E-state index in [2.05, 4.69) is 5.32 Å². The lowest BCUT2D eigenvalue weighted by Crippen LogP contribution is -2.42. The number of aldehydes is 1. The molecule has 1 aromatic carbocycles. The number of hydrogen-bond acceptors (Lipinski definition) is 5. The third-order valence-corrected chi connectivity index (χ3v) is 4.27. The van der Waals surface area contributed by atoms with Gasteiger partial charge in [-0.3, -0.25) is 14.4 Å². The Balaban J connectivity index is 2.04. The second kappa shape index (κ2) is 5.93. The first-order valence-corrected chi connectivity index (χ1v) is 7.46. The molecule has 1 aromatic rings. The predicted molar refractivity (Wildman–Crippen MR) is 87.2 cm³/mol. The minimum absolute atomic E-state index is 0.315. The number of anilines is 1. The summed E-state index contributed by atoms with van der Waals surface area (Å²) >= 11 is 0. The van der Waals surface area contributed by atoms with Crippen LogP contribution in [0.1, 0.15) is 32.7 Å². The molecule has 2 amide bonds. The summed E-state index contributed by atoms with van der Waals surface area (Å²) in [7, 11) is 0. The molecule has 24 heavy (non-hydrogen) atoms. The van der Waals surface area contributed by atoms with Crippen LogP contribution in [0.4, 0.5) is 5.69 Å². The lowest BCUT2D eigenvalue weighted by atomic mass is 10.0. The van der Waals surface area contributed by atoms with Crippen LogP contribution >= 0.6 is 0 Å². The van der Waals surface area contributed by atoms with E-state index in [-0.39, 0.29) is 5.91 Å². The number of carbonyl (C=O) groups excluding carboxylic acids is 3. The first-order chi connectivity index (χ1) is 11.4. The van der Waals surface area contributed by atoms with Crippen LogP contribution in [-0.2, 0) is 4.79 Å². The number of hydrogen-bond donors (Lipinski definition) is 3. The zero-order chi connectivity index (χ0) is 17.4. The Hall–Kier alpha value is -2.93. The van der Waals surface area contributed by atoms with Crippen molar-refractivity contribution in [3.05, 3.63) is 52.7 Å². The lowest BCUT2D eigenvalue weighted by molar-refractivity contribution is -0.113. The topological polar surface area (TPSA) is 113 Å². The van der Waals surface area contributed by atoms with E-state index in [4.69, 9.17) is 5.73 Å². The fraction of sp³-hybridized carbons (Fsp3) is 0.235. The van der Waals surface area contributed by atoms with Gasteiger partial charge in [0, 0.05) is 17.8 Å². The third-order valence-electron chi connectivity index (χ3n) is 4.27. The fourth-order valence-electron chi connectivity index (χ4n) is 3.03. The van der Waals surface area contributed by atoms with Crippen LogP contribution in [0.25, 0.3) is 0 Å². The molecule has 4 N–H and O–H groups in total. The number of fused-ring (bicyclic) bond motifs is 2. The predicted octanol–water partition coefficient (Wildman–Crippen LogP) is 0.691. The van der Waals surface area contributed by atoms with E-state index in [1.54, 1.807) is 25.3 Å². The molecule has 0 aliphatic carbocycles. The maximum absolute atomic E-state index is 12.8. The van der Waals surface area contributed by atoms with Crippen LogP contribution in [0.15, 0.2) is 36.1 Å². The monoisotopic (exact) mass is 327 g/mol. The van der Waals surface area contributed by atoms with Crippen molar-refractivity contribution in [3.8, 4) is 0 Å². The molecular weight excluding hydrogens is 310 g/mol. The Morgan fingerprint density at radius 3 is 2.88 bits per heavy atom. The number of allylic oxidation sites excluding steroid dienone is 1. The Morgan fingerprint density at radius 2 is 2.21 bits per heavy atom. The van der Waals surface area contributed by atoms with E-state index in [0.717, 1.165) is 5.56 Å². The average molecular weight is 327 g/mol. The molecule has 124 valence electrons. The van der Waals surface area contributed by atoms with Crippen molar-refractivity contribution < 1.29 is 19.5 Å². The number of benzene rings is 1. The Morgan fingerprint density at radius 1 is 1.46 bits per heavy atom. The summed E-state index contributed by atoms with van der Waals surface area (Å²) < 4.78 is 0. The fourth-order valence-corrected chi connectivity index (χ4v) is 3.03. The van der Waals surface area contributed by atoms with Gasteiger partial charge in [0.25, 0.3) is 5.91 Å². The first kappa shape index (κ1) is 15.9. The number of carbonyl (C=O) groups is 3. The van der Waals surface area contributed by atoms with Gasteiger partial charge in [-0.05, 0) is 30.5 Å². The highest BCUT2D eigenvalue weighted by atomic mass is 16.3. The van der Waals surface area contributed by atoms with E-state index in [1.165, 1.54) is 17.1 Å². The zero-order valence-corrected chi connectivity index (χ0v) is 13.0. The molecule has 0 radical (unpaired) electrons. The second-order valence-electron chi connectivity index (χ2n) is 5.85. The number of aliphatic hydroxyl groups is 1. The van der Waals surface area contributed by atoms with E-state index < -0.39 is 18.2 Å². The maximum atomic E-state index is 12.8. The van der Waals surface area contributed by atoms with Crippen LogP contribution in [0.3, 0.4) is 0 Å². The van der Waals surface area contributed by atoms with Crippen LogP contribution in [0.5, 0.6) is 0 Å². The van der Waals surface area contributed by atoms with Crippen molar-refractivity contribution in [2.45, 2.75) is 25.6 Å². The molecule has 2 heterocycles. The first-order valence-electron chi connectivity index (χ1n) is 7.46. The minimum Gasteiger partial charge on any atom is -0.372 e. The van der Waals surface area contributed by atoms with Crippen molar-refractivity contribution >= 4 is 23.8 Å². The van der Waals surface area contributed by atoms with Gasteiger partial charge in [0.2, 0.25) is 5.91 Å². The lowest BCUT2D eigenvalue weighted by Gasteiger charge is -2.24. The molecule has 0 fully saturated rings. The number of amides is 2. The van der Waals surface area contributed by atoms with Gasteiger partial charge < -0.3 is 21.1 Å². The SMILES string of the molecule is Cc1ccc2c(c1C=O)N[C@@H](O)[C@@H]1CC(/C=C/C(N)=O)=CN1C2=O. The molecule has 2 aliphatic heterocycles. The molecule has 0 spiro atoms. The summed E-state index contributed by atoms with van der Waals surface area (Å²) in [6.45, 7) is 1.77. The molecule has 0 bridgehead atoms. The molecule has 7 nitrogen and oxygen atoms in total. The van der Waals surface area contributed by atoms with Gasteiger partial charge in [-0.1, -0.05) is 12.1 Å². The molecule has 2 atom stereocenters. The van der Waals surface area contributed by atoms with E-state index in [1.807, 2.05) is 0 Å². The van der Waals surface area contributed by atoms with Gasteiger partial charge in [0.05, 0.1) is 17.3 Å². The van der Waals surface area contributed by atoms with Crippen molar-refractivity contribution in [1.82, 2.24) is 4.90 Å². The van der Waals surface area contributed by atoms with Gasteiger partial charge >= 0.3 is 0 Å². The summed E-state index contributed by atoms with van der Waals surface area (Å²) in [5.74, 6) is -0.899. The van der Waals surface area contributed by atoms with E-state index in [9.17, 15) is 19.5 Å². The summed E-state index contributed by atoms with van der Waals surface area (Å²) in [4.78, 5) is 36.5. The molecule has 0 unspecified atom stereocenters. The standard InChI is InChI=1S/C17H17N3O4/c1-9-2-4-11-15(12(9)8-21)19-16(23)13-6-10(3-5-14(18)22)7-20(13)17(11)24/h2-5,7-8,13,16,19,23H,6H2,1H3,(H2,18,22)/b5-3+/t13-,16-/m0/s1. The van der Waals surface area contributed by atoms with E-state index >= 15 is 0 Å². The van der Waals surface area contributed by atoms with Gasteiger partial charge in [0.15, 0.2) is 6.29 Å². The minimum atomic E-state index is -1.05. The number of rotatable bonds is 3. The normalized spacial score (nSPS) is 22.5. The van der Waals surface area contributed by atoms with Gasteiger partial charge in [-0.25, -0.2) is 0 Å². The van der Waals surface area contributed by atoms with Gasteiger partial charge in [0.1, 0.15) is 6.23 Å². The zero-order valence-electron chi connectivity index (χ0n) is 13.0. The molecular formula is C17H17N3O4. The maximum Gasteiger partial charge on any atom is 0.260 e. The quantitative estimate of drug-likeness (QED) is 0.558. The molecule has 0 saturated heterocycles. The Bertz CT molecular complexity index is 797. The molecule has 2 aliphatic rings. The third kappa shape index (κ3) is 2.59. The number of aryl methyl sites for hydroxylation is 1. The average Bonchev–Trinajstić information content (AvgIpc) is 2.93. The smallest absolute Gasteiger partial charge is 0.260 e. The van der Waals surface area contributed by atoms with Crippen molar-refractivity contribution in [2.24, 2.45) is 5.73 Å². The van der Waals surface area contributed by atoms with Crippen molar-refractivity contribution in [2.75, 3.05) is 5.32 Å². The number of aliphatic hydroxyl groups excluding tert-OH is 1. The van der Waals surface area contributed by atoms with Gasteiger partial charge in [-0.2, -0.15) is 0 Å². The summed E-state index contributed by atoms with van der Waals surface area (Å²) in [5, 5.41) is 13.3. The van der Waals surface area contributed by atoms with Crippen molar-refractivity contribution in [1.29, 1.82) is 0 Å². The molecule has 3 rings (SSSR count). The number of primary amides is 1. The number of nitrogens with one attached hydrogen (secondary N) is 1. The summed E-state index contributed by atoms with van der Waals surface area (Å²) in [6.07, 6.45) is 4.33. The van der Waals surface area contributed by atoms with Crippen LogP contribution in [0, 0.1) is 6.92 Å². The highest BCUT2D eigenvalue weighted by Gasteiger charge is 2.39. The Labute approximate surface area is 138 Å². The van der Waals surface area contributed by atoms with Crippen molar-refractivity contribution in [3.63, 3.8) is 0 Å². The largest absolute Gasteiger partial charge is 0.372 e. The number of nitrogens with zero attached hydrogens (tertiary/aromatic N) is 1. The molecule has 0 saturated carbocycles. The molecule has 7 heteroatoms.